The number of hydrogen-bond donors (Lipinski definition) is 1. The molecule has 0 saturated carbocycles. The van der Waals surface area contributed by atoms with Gasteiger partial charge in [0.25, 0.3) is 0 Å². The first-order valence-electron chi connectivity index (χ1n) is 10.4. The first-order valence-corrected chi connectivity index (χ1v) is 10.4. The van der Waals surface area contributed by atoms with E-state index in [4.69, 9.17) is 9.15 Å². The van der Waals surface area contributed by atoms with E-state index in [1.54, 1.807) is 12.4 Å². The van der Waals surface area contributed by atoms with Crippen molar-refractivity contribution in [1.82, 2.24) is 19.2 Å². The van der Waals surface area contributed by atoms with Crippen molar-refractivity contribution in [3.8, 4) is 17.2 Å². The van der Waals surface area contributed by atoms with Crippen molar-refractivity contribution in [2.75, 3.05) is 46.4 Å². The maximum absolute atomic E-state index is 9.61. The summed E-state index contributed by atoms with van der Waals surface area (Å²) in [5.41, 5.74) is 2.28. The van der Waals surface area contributed by atoms with Crippen LogP contribution in [0, 0.1) is 0 Å². The molecule has 8 nitrogen and oxygen atoms in total. The van der Waals surface area contributed by atoms with E-state index < -0.39 is 0 Å². The number of ether oxygens (including phenoxy) is 1. The van der Waals surface area contributed by atoms with Gasteiger partial charge in [0.2, 0.25) is 0 Å². The standard InChI is InChI=1S/C23H25N5O3/c1-26-7-9-27(10-8-26)11-12-30-18-4-5-22-19(14-18)20(25-29)15-23(31-22)21-13-17-3-2-6-28(17)16-24-21/h2-6,13-16,29H,7-12H2,1H3/b25-20+. The minimum Gasteiger partial charge on any atom is -0.492 e. The molecule has 160 valence electrons. The summed E-state index contributed by atoms with van der Waals surface area (Å²) < 4.78 is 14.0. The molecule has 3 aromatic heterocycles. The van der Waals surface area contributed by atoms with Crippen LogP contribution >= 0.6 is 0 Å². The second-order valence-corrected chi connectivity index (χ2v) is 7.86. The summed E-state index contributed by atoms with van der Waals surface area (Å²) in [5.74, 6) is 1.26. The van der Waals surface area contributed by atoms with Crippen LogP contribution in [0.4, 0.5) is 0 Å². The van der Waals surface area contributed by atoms with Gasteiger partial charge >= 0.3 is 0 Å². The van der Waals surface area contributed by atoms with Gasteiger partial charge in [0.05, 0.1) is 11.7 Å². The van der Waals surface area contributed by atoms with E-state index in [-0.39, 0.29) is 0 Å². The topological polar surface area (TPSA) is 78.7 Å². The van der Waals surface area contributed by atoms with Gasteiger partial charge in [0.15, 0.2) is 5.76 Å². The molecule has 1 fully saturated rings. The van der Waals surface area contributed by atoms with Crippen molar-refractivity contribution in [3.05, 3.63) is 60.3 Å². The summed E-state index contributed by atoms with van der Waals surface area (Å²) in [7, 11) is 2.15. The summed E-state index contributed by atoms with van der Waals surface area (Å²) in [6.45, 7) is 5.81. The molecule has 8 heteroatoms. The SMILES string of the molecule is CN1CCN(CCOc2ccc3oc(-c4cc5cccn5cn4)c/c(=N\O)c3c2)CC1. The van der Waals surface area contributed by atoms with Crippen LogP contribution in [0.3, 0.4) is 0 Å². The first kappa shape index (κ1) is 19.6. The molecule has 0 unspecified atom stereocenters. The summed E-state index contributed by atoms with van der Waals surface area (Å²) >= 11 is 0. The predicted molar refractivity (Wildman–Crippen MR) is 117 cm³/mol. The van der Waals surface area contributed by atoms with Crippen LogP contribution in [-0.4, -0.2) is 70.8 Å². The number of likely N-dealkylation sites (N-methyl/N-ethyl adjacent to an activating group) is 1. The minimum atomic E-state index is 0.415. The van der Waals surface area contributed by atoms with Crippen molar-refractivity contribution in [1.29, 1.82) is 0 Å². The molecule has 1 aromatic carbocycles. The highest BCUT2D eigenvalue weighted by molar-refractivity contribution is 5.80. The van der Waals surface area contributed by atoms with Crippen molar-refractivity contribution in [2.24, 2.45) is 5.16 Å². The summed E-state index contributed by atoms with van der Waals surface area (Å²) in [5, 5.41) is 14.2. The average Bonchev–Trinajstić information content (AvgIpc) is 3.27. The molecule has 1 saturated heterocycles. The van der Waals surface area contributed by atoms with E-state index in [0.717, 1.165) is 44.0 Å². The van der Waals surface area contributed by atoms with Crippen LogP contribution in [0.25, 0.3) is 27.9 Å². The lowest BCUT2D eigenvalue weighted by molar-refractivity contribution is 0.134. The van der Waals surface area contributed by atoms with E-state index in [1.807, 2.05) is 47.0 Å². The van der Waals surface area contributed by atoms with Crippen LogP contribution in [0.5, 0.6) is 5.75 Å². The normalized spacial score (nSPS) is 16.4. The molecule has 0 amide bonds. The zero-order valence-electron chi connectivity index (χ0n) is 17.4. The Morgan fingerprint density at radius 3 is 2.84 bits per heavy atom. The zero-order valence-corrected chi connectivity index (χ0v) is 17.4. The van der Waals surface area contributed by atoms with Gasteiger partial charge in [-0.3, -0.25) is 4.90 Å². The molecule has 0 atom stereocenters. The number of nitrogens with zero attached hydrogens (tertiary/aromatic N) is 5. The molecule has 5 rings (SSSR count). The highest BCUT2D eigenvalue weighted by Crippen LogP contribution is 2.24. The Kier molecular flexibility index (Phi) is 5.31. The van der Waals surface area contributed by atoms with E-state index in [2.05, 4.69) is 27.0 Å². The molecule has 1 N–H and O–H groups in total. The van der Waals surface area contributed by atoms with Crippen LogP contribution in [0.1, 0.15) is 0 Å². The molecular formula is C23H25N5O3. The number of rotatable bonds is 5. The molecule has 1 aliphatic heterocycles. The Bertz CT molecular complexity index is 1270. The lowest BCUT2D eigenvalue weighted by Gasteiger charge is -2.32. The molecule has 4 heterocycles. The van der Waals surface area contributed by atoms with Gasteiger partial charge in [-0.05, 0) is 43.4 Å². The van der Waals surface area contributed by atoms with Gasteiger partial charge in [0, 0.05) is 50.5 Å². The lowest BCUT2D eigenvalue weighted by Crippen LogP contribution is -2.45. The summed E-state index contributed by atoms with van der Waals surface area (Å²) in [6.07, 6.45) is 3.67. The largest absolute Gasteiger partial charge is 0.492 e. The van der Waals surface area contributed by atoms with E-state index in [0.29, 0.717) is 34.4 Å². The van der Waals surface area contributed by atoms with Gasteiger partial charge in [-0.2, -0.15) is 0 Å². The van der Waals surface area contributed by atoms with Crippen molar-refractivity contribution < 1.29 is 14.4 Å². The zero-order chi connectivity index (χ0) is 21.2. The maximum atomic E-state index is 9.61. The van der Waals surface area contributed by atoms with Gasteiger partial charge in [-0.25, -0.2) is 4.98 Å². The Morgan fingerprint density at radius 1 is 1.13 bits per heavy atom. The molecule has 0 aliphatic carbocycles. The fraction of sp³-hybridized carbons (Fsp3) is 0.304. The molecular weight excluding hydrogens is 394 g/mol. The number of benzene rings is 1. The second-order valence-electron chi connectivity index (χ2n) is 7.86. The average molecular weight is 419 g/mol. The van der Waals surface area contributed by atoms with Crippen molar-refractivity contribution in [3.63, 3.8) is 0 Å². The highest BCUT2D eigenvalue weighted by atomic mass is 16.5. The molecule has 31 heavy (non-hydrogen) atoms. The smallest absolute Gasteiger partial charge is 0.155 e. The summed E-state index contributed by atoms with van der Waals surface area (Å²) in [6, 6.07) is 13.2. The highest BCUT2D eigenvalue weighted by Gasteiger charge is 2.14. The van der Waals surface area contributed by atoms with E-state index in [1.165, 1.54) is 0 Å². The van der Waals surface area contributed by atoms with Crippen molar-refractivity contribution >= 4 is 16.5 Å². The second kappa shape index (κ2) is 8.41. The fourth-order valence-electron chi connectivity index (χ4n) is 3.88. The quantitative estimate of drug-likeness (QED) is 0.396. The molecule has 4 aromatic rings. The predicted octanol–water partition coefficient (Wildman–Crippen LogP) is 2.66. The third kappa shape index (κ3) is 4.12. The van der Waals surface area contributed by atoms with Crippen LogP contribution < -0.4 is 10.1 Å². The van der Waals surface area contributed by atoms with E-state index >= 15 is 0 Å². The molecule has 0 bridgehead atoms. The maximum Gasteiger partial charge on any atom is 0.155 e. The minimum absolute atomic E-state index is 0.415. The Hall–Kier alpha value is -3.36. The fourth-order valence-corrected chi connectivity index (χ4v) is 3.88. The number of aromatic nitrogens is 2. The van der Waals surface area contributed by atoms with Crippen molar-refractivity contribution in [2.45, 2.75) is 0 Å². The number of piperazine rings is 1. The van der Waals surface area contributed by atoms with Crippen LogP contribution in [0.2, 0.25) is 0 Å². The number of fused-ring (bicyclic) bond motifs is 2. The monoisotopic (exact) mass is 419 g/mol. The van der Waals surface area contributed by atoms with Gasteiger partial charge in [-0.15, -0.1) is 0 Å². The third-order valence-electron chi connectivity index (χ3n) is 5.76. The van der Waals surface area contributed by atoms with Crippen LogP contribution in [-0.2, 0) is 0 Å². The van der Waals surface area contributed by atoms with Crippen LogP contribution in [0.15, 0.2) is 64.6 Å². The van der Waals surface area contributed by atoms with Gasteiger partial charge in [-0.1, -0.05) is 5.16 Å². The van der Waals surface area contributed by atoms with E-state index in [9.17, 15) is 5.21 Å². The third-order valence-corrected chi connectivity index (χ3v) is 5.76. The molecule has 1 aliphatic rings. The Morgan fingerprint density at radius 2 is 2.00 bits per heavy atom. The summed E-state index contributed by atoms with van der Waals surface area (Å²) in [4.78, 5) is 9.20. The van der Waals surface area contributed by atoms with Gasteiger partial charge in [0.1, 0.15) is 29.0 Å². The number of hydrogen-bond acceptors (Lipinski definition) is 7. The lowest BCUT2D eigenvalue weighted by atomic mass is 10.2. The Balaban J connectivity index is 1.37. The molecule has 0 spiro atoms. The first-order chi connectivity index (χ1) is 15.2. The molecule has 0 radical (unpaired) electrons. The Labute approximate surface area is 179 Å². The van der Waals surface area contributed by atoms with Gasteiger partial charge < -0.3 is 23.7 Å².